The van der Waals surface area contributed by atoms with Crippen LogP contribution in [0.3, 0.4) is 0 Å². The lowest BCUT2D eigenvalue weighted by atomic mass is 10.0. The van der Waals surface area contributed by atoms with Crippen molar-refractivity contribution in [3.8, 4) is 51.0 Å². The van der Waals surface area contributed by atoms with Crippen LogP contribution in [0.1, 0.15) is 0 Å². The molecule has 0 unspecified atom stereocenters. The molecule has 0 spiro atoms. The third kappa shape index (κ3) is 5.04. The molecule has 0 aliphatic carbocycles. The second-order valence-corrected chi connectivity index (χ2v) is 15.5. The summed E-state index contributed by atoms with van der Waals surface area (Å²) in [6.45, 7) is 0. The third-order valence-corrected chi connectivity index (χ3v) is 12.2. The fourth-order valence-corrected chi connectivity index (χ4v) is 9.60. The minimum absolute atomic E-state index is 0.572. The number of thiophene rings is 1. The van der Waals surface area contributed by atoms with Crippen LogP contribution < -0.4 is 0 Å². The molecule has 6 heteroatoms. The van der Waals surface area contributed by atoms with Crippen molar-refractivity contribution in [1.29, 1.82) is 0 Å². The number of fused-ring (bicyclic) bond motifs is 9. The van der Waals surface area contributed by atoms with Gasteiger partial charge in [-0.1, -0.05) is 133 Å². The summed E-state index contributed by atoms with van der Waals surface area (Å²) >= 11 is 1.84. The molecular weight excluding hydrogens is 717 g/mol. The zero-order valence-electron chi connectivity index (χ0n) is 30.4. The van der Waals surface area contributed by atoms with Crippen LogP contribution in [0.2, 0.25) is 0 Å². The number of rotatable bonds is 5. The van der Waals surface area contributed by atoms with E-state index in [1.54, 1.807) is 0 Å². The van der Waals surface area contributed by atoms with Gasteiger partial charge < -0.3 is 8.98 Å². The molecule has 0 fully saturated rings. The molecule has 57 heavy (non-hydrogen) atoms. The first-order chi connectivity index (χ1) is 28.2. The molecule has 0 aliphatic rings. The summed E-state index contributed by atoms with van der Waals surface area (Å²) in [6, 6.07) is 63.8. The van der Waals surface area contributed by atoms with Crippen LogP contribution in [0, 0.1) is 0 Å². The summed E-state index contributed by atoms with van der Waals surface area (Å²) in [5.74, 6) is 1.81. The predicted molar refractivity (Wildman–Crippen MR) is 236 cm³/mol. The molecule has 266 valence electrons. The predicted octanol–water partition coefficient (Wildman–Crippen LogP) is 13.9. The van der Waals surface area contributed by atoms with E-state index in [0.717, 1.165) is 49.8 Å². The average molecular weight is 747 g/mol. The Bertz CT molecular complexity index is 3420. The number of para-hydroxylation sites is 3. The van der Waals surface area contributed by atoms with Crippen molar-refractivity contribution in [1.82, 2.24) is 19.5 Å². The van der Waals surface area contributed by atoms with Crippen LogP contribution in [0.4, 0.5) is 0 Å². The minimum Gasteiger partial charge on any atom is -0.455 e. The normalized spacial score (nSPS) is 11.9. The van der Waals surface area contributed by atoms with Gasteiger partial charge in [0.25, 0.3) is 0 Å². The molecule has 0 bridgehead atoms. The van der Waals surface area contributed by atoms with E-state index in [1.165, 1.54) is 47.7 Å². The van der Waals surface area contributed by atoms with Crippen molar-refractivity contribution in [3.05, 3.63) is 182 Å². The average Bonchev–Trinajstić information content (AvgIpc) is 3.96. The maximum Gasteiger partial charge on any atom is 0.167 e. The number of aromatic nitrogens is 4. The van der Waals surface area contributed by atoms with E-state index in [4.69, 9.17) is 19.4 Å². The van der Waals surface area contributed by atoms with E-state index in [1.807, 2.05) is 78.1 Å². The topological polar surface area (TPSA) is 56.7 Å². The molecule has 0 amide bonds. The monoisotopic (exact) mass is 746 g/mol. The summed E-state index contributed by atoms with van der Waals surface area (Å²) in [7, 11) is 0. The van der Waals surface area contributed by atoms with Gasteiger partial charge in [0, 0.05) is 52.8 Å². The molecule has 0 atom stereocenters. The first-order valence-corrected chi connectivity index (χ1v) is 19.8. The van der Waals surface area contributed by atoms with Crippen LogP contribution >= 0.6 is 11.3 Å². The lowest BCUT2D eigenvalue weighted by molar-refractivity contribution is 0.669. The van der Waals surface area contributed by atoms with E-state index in [0.29, 0.717) is 17.5 Å². The molecular formula is C51H30N4OS. The summed E-state index contributed by atoms with van der Waals surface area (Å²) in [5, 5.41) is 7.14. The van der Waals surface area contributed by atoms with Gasteiger partial charge in [-0.25, -0.2) is 15.0 Å². The summed E-state index contributed by atoms with van der Waals surface area (Å²) < 4.78 is 11.7. The summed E-state index contributed by atoms with van der Waals surface area (Å²) in [5.41, 5.74) is 10.1. The largest absolute Gasteiger partial charge is 0.455 e. The highest BCUT2D eigenvalue weighted by molar-refractivity contribution is 7.26. The Morgan fingerprint density at radius 2 is 0.982 bits per heavy atom. The third-order valence-electron chi connectivity index (χ3n) is 11.1. The van der Waals surface area contributed by atoms with Gasteiger partial charge in [0.2, 0.25) is 0 Å². The van der Waals surface area contributed by atoms with Gasteiger partial charge in [0.05, 0.1) is 22.3 Å². The van der Waals surface area contributed by atoms with E-state index >= 15 is 0 Å². The van der Waals surface area contributed by atoms with E-state index < -0.39 is 0 Å². The van der Waals surface area contributed by atoms with Gasteiger partial charge in [-0.2, -0.15) is 0 Å². The fourth-order valence-electron chi connectivity index (χ4n) is 8.44. The standard InChI is InChI=1S/C51H30N4OS/c1-3-13-31(14-4-1)49-52-50(32-15-5-2-6-16-32)54-51(53-49)40-20-11-19-38-37-27-25-33(29-44(37)56-48(38)40)34-26-28-39-46(30-34)57-45-24-12-23-43(47(39)45)55-41-21-9-7-17-35(41)36-18-8-10-22-42(36)55/h1-30H. The minimum atomic E-state index is 0.572. The zero-order chi connectivity index (χ0) is 37.5. The van der Waals surface area contributed by atoms with Crippen molar-refractivity contribution in [3.63, 3.8) is 0 Å². The zero-order valence-corrected chi connectivity index (χ0v) is 31.2. The van der Waals surface area contributed by atoms with Crippen molar-refractivity contribution >= 4 is 75.3 Å². The molecule has 0 saturated carbocycles. The Hall–Kier alpha value is -7.41. The quantitative estimate of drug-likeness (QED) is 0.176. The van der Waals surface area contributed by atoms with Gasteiger partial charge >= 0.3 is 0 Å². The van der Waals surface area contributed by atoms with Crippen LogP contribution in [-0.4, -0.2) is 19.5 Å². The van der Waals surface area contributed by atoms with Crippen molar-refractivity contribution in [2.75, 3.05) is 0 Å². The lowest BCUT2D eigenvalue weighted by Crippen LogP contribution is -2.00. The molecule has 8 aromatic carbocycles. The lowest BCUT2D eigenvalue weighted by Gasteiger charge is -2.10. The van der Waals surface area contributed by atoms with Crippen molar-refractivity contribution in [2.24, 2.45) is 0 Å². The highest BCUT2D eigenvalue weighted by Gasteiger charge is 2.20. The second kappa shape index (κ2) is 12.6. The highest BCUT2D eigenvalue weighted by Crippen LogP contribution is 2.43. The Balaban J connectivity index is 0.981. The van der Waals surface area contributed by atoms with E-state index in [9.17, 15) is 0 Å². The van der Waals surface area contributed by atoms with Gasteiger partial charge in [-0.05, 0) is 59.7 Å². The van der Waals surface area contributed by atoms with Crippen molar-refractivity contribution in [2.45, 2.75) is 0 Å². The second-order valence-electron chi connectivity index (χ2n) is 14.4. The molecule has 5 nitrogen and oxygen atoms in total. The van der Waals surface area contributed by atoms with Crippen LogP contribution in [-0.2, 0) is 0 Å². The first kappa shape index (κ1) is 31.9. The van der Waals surface area contributed by atoms with Crippen LogP contribution in [0.15, 0.2) is 186 Å². The molecule has 12 rings (SSSR count). The number of hydrogen-bond acceptors (Lipinski definition) is 5. The van der Waals surface area contributed by atoms with Gasteiger partial charge in [0.15, 0.2) is 17.5 Å². The SMILES string of the molecule is c1ccc(-c2nc(-c3ccccc3)nc(-c3cccc4c3oc3cc(-c5ccc6c(c5)sc5cccc(-n7c8ccccc8c8ccccc87)c56)ccc34)n2)cc1. The van der Waals surface area contributed by atoms with Gasteiger partial charge in [-0.3, -0.25) is 0 Å². The van der Waals surface area contributed by atoms with Gasteiger partial charge in [0.1, 0.15) is 11.2 Å². The first-order valence-electron chi connectivity index (χ1n) is 19.0. The summed E-state index contributed by atoms with van der Waals surface area (Å²) in [4.78, 5) is 14.9. The smallest absolute Gasteiger partial charge is 0.167 e. The van der Waals surface area contributed by atoms with Crippen molar-refractivity contribution < 1.29 is 4.42 Å². The van der Waals surface area contributed by atoms with Gasteiger partial charge in [-0.15, -0.1) is 11.3 Å². The Labute approximate surface area is 330 Å². The Kier molecular flexibility index (Phi) is 7.03. The Morgan fingerprint density at radius 1 is 0.404 bits per heavy atom. The number of nitrogens with zero attached hydrogens (tertiary/aromatic N) is 4. The Morgan fingerprint density at radius 3 is 1.68 bits per heavy atom. The molecule has 0 aliphatic heterocycles. The van der Waals surface area contributed by atoms with Crippen LogP contribution in [0.5, 0.6) is 0 Å². The number of furan rings is 1. The molecule has 4 aromatic heterocycles. The maximum atomic E-state index is 6.75. The van der Waals surface area contributed by atoms with Crippen LogP contribution in [0.25, 0.3) is 115 Å². The van der Waals surface area contributed by atoms with E-state index in [-0.39, 0.29) is 0 Å². The number of hydrogen-bond donors (Lipinski definition) is 0. The molecule has 0 N–H and O–H groups in total. The molecule has 0 saturated heterocycles. The number of benzene rings is 8. The maximum absolute atomic E-state index is 6.75. The van der Waals surface area contributed by atoms with E-state index in [2.05, 4.69) is 120 Å². The molecule has 4 heterocycles. The highest BCUT2D eigenvalue weighted by atomic mass is 32.1. The molecule has 12 aromatic rings. The fraction of sp³-hybridized carbons (Fsp3) is 0. The summed E-state index contributed by atoms with van der Waals surface area (Å²) in [6.07, 6.45) is 0. The molecule has 0 radical (unpaired) electrons.